The number of carbonyl (C=O) groups excluding carboxylic acids is 1. The van der Waals surface area contributed by atoms with Gasteiger partial charge in [0.2, 0.25) is 0 Å². The Morgan fingerprint density at radius 1 is 1.00 bits per heavy atom. The summed E-state index contributed by atoms with van der Waals surface area (Å²) in [6, 6.07) is 15.0. The van der Waals surface area contributed by atoms with Gasteiger partial charge in [-0.15, -0.1) is 0 Å². The van der Waals surface area contributed by atoms with Crippen molar-refractivity contribution in [2.24, 2.45) is 0 Å². The molecule has 0 aliphatic heterocycles. The van der Waals surface area contributed by atoms with Crippen LogP contribution in [0.4, 0.5) is 17.2 Å². The first kappa shape index (κ1) is 17.4. The molecule has 1 amide bonds. The monoisotopic (exact) mass is 348 g/mol. The summed E-state index contributed by atoms with van der Waals surface area (Å²) in [5.41, 5.74) is 3.93. The second-order valence-corrected chi connectivity index (χ2v) is 5.94. The molecule has 2 N–H and O–H groups in total. The molecule has 0 aliphatic carbocycles. The molecule has 3 rings (SSSR count). The lowest BCUT2D eigenvalue weighted by atomic mass is 10.2. The van der Waals surface area contributed by atoms with E-state index in [4.69, 9.17) is 4.74 Å². The van der Waals surface area contributed by atoms with E-state index in [1.807, 2.05) is 56.3 Å². The number of carbonyl (C=O) groups is 1. The fourth-order valence-corrected chi connectivity index (χ4v) is 2.53. The number of nitrogens with zero attached hydrogens (tertiary/aromatic N) is 2. The van der Waals surface area contributed by atoms with Crippen LogP contribution in [0.5, 0.6) is 5.75 Å². The molecule has 0 saturated heterocycles. The van der Waals surface area contributed by atoms with E-state index in [9.17, 15) is 4.79 Å². The minimum atomic E-state index is -0.294. The van der Waals surface area contributed by atoms with Crippen LogP contribution in [0.1, 0.15) is 21.6 Å². The Hall–Kier alpha value is -3.41. The van der Waals surface area contributed by atoms with E-state index in [0.717, 1.165) is 22.5 Å². The van der Waals surface area contributed by atoms with Crippen molar-refractivity contribution in [3.8, 4) is 5.75 Å². The van der Waals surface area contributed by atoms with Crippen LogP contribution in [0.25, 0.3) is 0 Å². The van der Waals surface area contributed by atoms with Crippen molar-refractivity contribution < 1.29 is 9.53 Å². The summed E-state index contributed by atoms with van der Waals surface area (Å²) >= 11 is 0. The standard InChI is InChI=1S/C20H20N4O2/c1-13-5-4-6-15(9-13)23-20(25)17-11-19(22-12-21-17)24-16-10-14(2)7-8-18(16)26-3/h4-12H,1-3H3,(H,23,25)(H,21,22,24). The number of aryl methyl sites for hydroxylation is 2. The molecule has 0 bridgehead atoms. The van der Waals surface area contributed by atoms with E-state index in [2.05, 4.69) is 20.6 Å². The lowest BCUT2D eigenvalue weighted by Crippen LogP contribution is -2.14. The van der Waals surface area contributed by atoms with Gasteiger partial charge in [0.1, 0.15) is 23.6 Å². The van der Waals surface area contributed by atoms with E-state index in [0.29, 0.717) is 11.6 Å². The molecule has 1 aromatic heterocycles. The molecule has 0 radical (unpaired) electrons. The third-order valence-electron chi connectivity index (χ3n) is 3.79. The fraction of sp³-hybridized carbons (Fsp3) is 0.150. The van der Waals surface area contributed by atoms with Crippen LogP contribution < -0.4 is 15.4 Å². The number of methoxy groups -OCH3 is 1. The van der Waals surface area contributed by atoms with Crippen molar-refractivity contribution in [2.75, 3.05) is 17.7 Å². The minimum absolute atomic E-state index is 0.274. The number of benzene rings is 2. The van der Waals surface area contributed by atoms with Gasteiger partial charge in [-0.1, -0.05) is 18.2 Å². The number of hydrogen-bond acceptors (Lipinski definition) is 5. The van der Waals surface area contributed by atoms with Crippen molar-refractivity contribution >= 4 is 23.1 Å². The van der Waals surface area contributed by atoms with E-state index >= 15 is 0 Å². The van der Waals surface area contributed by atoms with Crippen LogP contribution in [-0.4, -0.2) is 23.0 Å². The summed E-state index contributed by atoms with van der Waals surface area (Å²) in [6.07, 6.45) is 1.36. The zero-order chi connectivity index (χ0) is 18.5. The quantitative estimate of drug-likeness (QED) is 0.726. The average molecular weight is 348 g/mol. The number of nitrogens with one attached hydrogen (secondary N) is 2. The molecule has 0 spiro atoms. The summed E-state index contributed by atoms with van der Waals surface area (Å²) in [4.78, 5) is 20.7. The number of ether oxygens (including phenoxy) is 1. The first-order valence-electron chi connectivity index (χ1n) is 8.17. The first-order chi connectivity index (χ1) is 12.5. The lowest BCUT2D eigenvalue weighted by Gasteiger charge is -2.12. The summed E-state index contributed by atoms with van der Waals surface area (Å²) in [7, 11) is 1.61. The second-order valence-electron chi connectivity index (χ2n) is 5.94. The SMILES string of the molecule is COc1ccc(C)cc1Nc1cc(C(=O)Nc2cccc(C)c2)ncn1. The van der Waals surface area contributed by atoms with E-state index in [1.54, 1.807) is 13.2 Å². The molecular formula is C20H20N4O2. The van der Waals surface area contributed by atoms with Crippen LogP contribution in [0, 0.1) is 13.8 Å². The molecule has 3 aromatic rings. The number of anilines is 3. The van der Waals surface area contributed by atoms with Crippen molar-refractivity contribution in [2.45, 2.75) is 13.8 Å². The third-order valence-corrected chi connectivity index (χ3v) is 3.79. The molecule has 132 valence electrons. The number of rotatable bonds is 5. The van der Waals surface area contributed by atoms with Crippen LogP contribution in [0.15, 0.2) is 54.9 Å². The van der Waals surface area contributed by atoms with E-state index in [-0.39, 0.29) is 11.6 Å². The Balaban J connectivity index is 1.80. The maximum Gasteiger partial charge on any atom is 0.274 e. The molecule has 1 heterocycles. The van der Waals surface area contributed by atoms with Gasteiger partial charge in [0.05, 0.1) is 12.8 Å². The van der Waals surface area contributed by atoms with Crippen LogP contribution >= 0.6 is 0 Å². The number of amides is 1. The smallest absolute Gasteiger partial charge is 0.274 e. The van der Waals surface area contributed by atoms with Gasteiger partial charge in [0, 0.05) is 11.8 Å². The first-order valence-corrected chi connectivity index (χ1v) is 8.17. The fourth-order valence-electron chi connectivity index (χ4n) is 2.53. The minimum Gasteiger partial charge on any atom is -0.495 e. The van der Waals surface area contributed by atoms with Crippen LogP contribution in [0.2, 0.25) is 0 Å². The van der Waals surface area contributed by atoms with Crippen molar-refractivity contribution in [3.63, 3.8) is 0 Å². The molecule has 0 aliphatic rings. The molecule has 0 atom stereocenters. The highest BCUT2D eigenvalue weighted by molar-refractivity contribution is 6.03. The number of aromatic nitrogens is 2. The molecule has 2 aromatic carbocycles. The molecule has 0 unspecified atom stereocenters. The molecular weight excluding hydrogens is 328 g/mol. The highest BCUT2D eigenvalue weighted by atomic mass is 16.5. The molecule has 0 saturated carbocycles. The topological polar surface area (TPSA) is 76.1 Å². The van der Waals surface area contributed by atoms with E-state index in [1.165, 1.54) is 6.33 Å². The van der Waals surface area contributed by atoms with Crippen molar-refractivity contribution in [1.82, 2.24) is 9.97 Å². The van der Waals surface area contributed by atoms with Crippen molar-refractivity contribution in [1.29, 1.82) is 0 Å². The Morgan fingerprint density at radius 2 is 1.81 bits per heavy atom. The average Bonchev–Trinajstić information content (AvgIpc) is 2.62. The summed E-state index contributed by atoms with van der Waals surface area (Å²) in [5.74, 6) is 0.913. The van der Waals surface area contributed by atoms with E-state index < -0.39 is 0 Å². The van der Waals surface area contributed by atoms with Gasteiger partial charge in [0.15, 0.2) is 0 Å². The van der Waals surface area contributed by atoms with Gasteiger partial charge in [-0.3, -0.25) is 4.79 Å². The van der Waals surface area contributed by atoms with Gasteiger partial charge < -0.3 is 15.4 Å². The van der Waals surface area contributed by atoms with Crippen molar-refractivity contribution in [3.05, 3.63) is 71.7 Å². The maximum absolute atomic E-state index is 12.5. The van der Waals surface area contributed by atoms with Gasteiger partial charge >= 0.3 is 0 Å². The zero-order valence-corrected chi connectivity index (χ0v) is 14.9. The predicted octanol–water partition coefficient (Wildman–Crippen LogP) is 4.10. The molecule has 6 nitrogen and oxygen atoms in total. The normalized spacial score (nSPS) is 10.3. The molecule has 0 fully saturated rings. The molecule has 6 heteroatoms. The Labute approximate surface area is 152 Å². The Morgan fingerprint density at radius 3 is 2.58 bits per heavy atom. The van der Waals surface area contributed by atoms with Gasteiger partial charge in [-0.2, -0.15) is 0 Å². The van der Waals surface area contributed by atoms with Crippen LogP contribution in [0.3, 0.4) is 0 Å². The summed E-state index contributed by atoms with van der Waals surface area (Å²) in [5, 5.41) is 6.02. The van der Waals surface area contributed by atoms with Gasteiger partial charge in [-0.25, -0.2) is 9.97 Å². The molecule has 26 heavy (non-hydrogen) atoms. The summed E-state index contributed by atoms with van der Waals surface area (Å²) < 4.78 is 5.36. The highest BCUT2D eigenvalue weighted by Gasteiger charge is 2.11. The van der Waals surface area contributed by atoms with Gasteiger partial charge in [0.25, 0.3) is 5.91 Å². The van der Waals surface area contributed by atoms with Gasteiger partial charge in [-0.05, 0) is 49.2 Å². The second kappa shape index (κ2) is 7.65. The third kappa shape index (κ3) is 4.16. The lowest BCUT2D eigenvalue weighted by molar-refractivity contribution is 0.102. The highest BCUT2D eigenvalue weighted by Crippen LogP contribution is 2.28. The van der Waals surface area contributed by atoms with Crippen LogP contribution in [-0.2, 0) is 0 Å². The zero-order valence-electron chi connectivity index (χ0n) is 14.9. The summed E-state index contributed by atoms with van der Waals surface area (Å²) in [6.45, 7) is 3.96. The largest absolute Gasteiger partial charge is 0.495 e. The number of hydrogen-bond donors (Lipinski definition) is 2. The Bertz CT molecular complexity index is 941. The Kier molecular flexibility index (Phi) is 5.12. The maximum atomic E-state index is 12.5. The predicted molar refractivity (Wildman–Crippen MR) is 102 cm³/mol.